The predicted octanol–water partition coefficient (Wildman–Crippen LogP) is 2.10. The van der Waals surface area contributed by atoms with E-state index in [-0.39, 0.29) is 11.3 Å². The van der Waals surface area contributed by atoms with E-state index in [1.165, 1.54) is 7.05 Å². The van der Waals surface area contributed by atoms with E-state index in [2.05, 4.69) is 15.6 Å². The zero-order valence-electron chi connectivity index (χ0n) is 16.0. The molecule has 0 bridgehead atoms. The van der Waals surface area contributed by atoms with Gasteiger partial charge in [0.1, 0.15) is 0 Å². The van der Waals surface area contributed by atoms with Crippen LogP contribution >= 0.6 is 0 Å². The molecule has 0 aliphatic heterocycles. The molecule has 8 heteroatoms. The van der Waals surface area contributed by atoms with E-state index in [1.807, 2.05) is 6.07 Å². The lowest BCUT2D eigenvalue weighted by molar-refractivity contribution is 0.0949. The van der Waals surface area contributed by atoms with Crippen LogP contribution in [-0.4, -0.2) is 35.6 Å². The van der Waals surface area contributed by atoms with Crippen molar-refractivity contribution in [3.8, 4) is 11.5 Å². The topological polar surface area (TPSA) is 94.8 Å². The van der Waals surface area contributed by atoms with Crippen LogP contribution in [0.2, 0.25) is 0 Å². The van der Waals surface area contributed by atoms with Gasteiger partial charge < -0.3 is 9.47 Å². The van der Waals surface area contributed by atoms with Crippen molar-refractivity contribution in [1.82, 2.24) is 15.2 Å². The van der Waals surface area contributed by atoms with Crippen LogP contribution < -0.4 is 20.5 Å². The van der Waals surface area contributed by atoms with Crippen molar-refractivity contribution in [2.75, 3.05) is 14.2 Å². The third kappa shape index (κ3) is 3.57. The van der Waals surface area contributed by atoms with Crippen molar-refractivity contribution in [2.24, 2.45) is 12.1 Å². The first-order valence-electron chi connectivity index (χ1n) is 8.49. The molecule has 8 nitrogen and oxygen atoms in total. The van der Waals surface area contributed by atoms with E-state index in [9.17, 15) is 9.59 Å². The summed E-state index contributed by atoms with van der Waals surface area (Å²) in [5.41, 5.74) is 3.69. The number of methoxy groups -OCH3 is 2. The number of carbonyl (C=O) groups is 1. The van der Waals surface area contributed by atoms with Crippen LogP contribution in [0.25, 0.3) is 10.8 Å². The first kappa shape index (κ1) is 19.1. The minimum Gasteiger partial charge on any atom is -0.493 e. The fourth-order valence-corrected chi connectivity index (χ4v) is 2.78. The SMILES string of the molecule is COc1ccc(/C(C)=N/NC(=O)c2nn(C)c(=O)c3ccccc23)cc1OC. The molecular formula is C20H20N4O4. The van der Waals surface area contributed by atoms with E-state index in [1.54, 1.807) is 57.5 Å². The molecule has 0 aliphatic rings. The largest absolute Gasteiger partial charge is 0.493 e. The summed E-state index contributed by atoms with van der Waals surface area (Å²) in [6.45, 7) is 1.76. The lowest BCUT2D eigenvalue weighted by Crippen LogP contribution is -2.27. The van der Waals surface area contributed by atoms with Crippen LogP contribution in [0.1, 0.15) is 23.0 Å². The Morgan fingerprint density at radius 3 is 2.43 bits per heavy atom. The van der Waals surface area contributed by atoms with Crippen molar-refractivity contribution in [2.45, 2.75) is 6.92 Å². The van der Waals surface area contributed by atoms with Gasteiger partial charge in [-0.3, -0.25) is 9.59 Å². The number of carbonyl (C=O) groups excluding carboxylic acids is 1. The summed E-state index contributed by atoms with van der Waals surface area (Å²) in [5.74, 6) is 0.655. The fourth-order valence-electron chi connectivity index (χ4n) is 2.78. The third-order valence-corrected chi connectivity index (χ3v) is 4.30. The first-order valence-corrected chi connectivity index (χ1v) is 8.49. The van der Waals surface area contributed by atoms with Crippen molar-refractivity contribution in [1.29, 1.82) is 0 Å². The third-order valence-electron chi connectivity index (χ3n) is 4.30. The number of hydrogen-bond donors (Lipinski definition) is 1. The number of aromatic nitrogens is 2. The Labute approximate surface area is 161 Å². The number of fused-ring (bicyclic) bond motifs is 1. The van der Waals surface area contributed by atoms with Gasteiger partial charge in [0.25, 0.3) is 11.5 Å². The molecule has 0 spiro atoms. The van der Waals surface area contributed by atoms with E-state index >= 15 is 0 Å². The average Bonchev–Trinajstić information content (AvgIpc) is 2.73. The number of aryl methyl sites for hydroxylation is 1. The lowest BCUT2D eigenvalue weighted by atomic mass is 10.1. The highest BCUT2D eigenvalue weighted by atomic mass is 16.5. The van der Waals surface area contributed by atoms with E-state index in [4.69, 9.17) is 9.47 Å². The monoisotopic (exact) mass is 380 g/mol. The molecule has 144 valence electrons. The van der Waals surface area contributed by atoms with Gasteiger partial charge in [0.15, 0.2) is 17.2 Å². The number of nitrogens with zero attached hydrogens (tertiary/aromatic N) is 3. The highest BCUT2D eigenvalue weighted by Gasteiger charge is 2.15. The van der Waals surface area contributed by atoms with Crippen molar-refractivity contribution in [3.05, 3.63) is 64.1 Å². The van der Waals surface area contributed by atoms with E-state index < -0.39 is 5.91 Å². The highest BCUT2D eigenvalue weighted by molar-refractivity contribution is 6.06. The van der Waals surface area contributed by atoms with E-state index in [0.717, 1.165) is 10.2 Å². The summed E-state index contributed by atoms with van der Waals surface area (Å²) < 4.78 is 11.6. The van der Waals surface area contributed by atoms with Crippen LogP contribution in [0.5, 0.6) is 11.5 Å². The van der Waals surface area contributed by atoms with Crippen molar-refractivity contribution >= 4 is 22.4 Å². The Morgan fingerprint density at radius 1 is 1.07 bits per heavy atom. The zero-order valence-corrected chi connectivity index (χ0v) is 16.0. The van der Waals surface area contributed by atoms with Crippen LogP contribution in [0.15, 0.2) is 52.4 Å². The van der Waals surface area contributed by atoms with Crippen LogP contribution in [0.3, 0.4) is 0 Å². The number of nitrogens with one attached hydrogen (secondary N) is 1. The molecule has 1 heterocycles. The summed E-state index contributed by atoms with van der Waals surface area (Å²) in [6, 6.07) is 12.2. The maximum absolute atomic E-state index is 12.6. The minimum absolute atomic E-state index is 0.126. The van der Waals surface area contributed by atoms with Gasteiger partial charge in [-0.25, -0.2) is 10.1 Å². The number of rotatable bonds is 5. The second-order valence-corrected chi connectivity index (χ2v) is 6.03. The lowest BCUT2D eigenvalue weighted by Gasteiger charge is -2.10. The Kier molecular flexibility index (Phi) is 5.39. The van der Waals surface area contributed by atoms with Crippen LogP contribution in [0, 0.1) is 0 Å². The van der Waals surface area contributed by atoms with Gasteiger partial charge in [-0.2, -0.15) is 10.2 Å². The number of amides is 1. The smallest absolute Gasteiger partial charge is 0.292 e. The maximum atomic E-state index is 12.6. The molecule has 1 aromatic heterocycles. The van der Waals surface area contributed by atoms with Crippen molar-refractivity contribution < 1.29 is 14.3 Å². The molecule has 1 N–H and O–H groups in total. The average molecular weight is 380 g/mol. The Hall–Kier alpha value is -3.68. The molecule has 3 rings (SSSR count). The minimum atomic E-state index is -0.508. The maximum Gasteiger partial charge on any atom is 0.292 e. The normalized spacial score (nSPS) is 11.4. The van der Waals surface area contributed by atoms with Gasteiger partial charge in [-0.1, -0.05) is 18.2 Å². The molecule has 28 heavy (non-hydrogen) atoms. The second-order valence-electron chi connectivity index (χ2n) is 6.03. The van der Waals surface area contributed by atoms with Crippen LogP contribution in [-0.2, 0) is 7.05 Å². The summed E-state index contributed by atoms with van der Waals surface area (Å²) in [7, 11) is 4.61. The predicted molar refractivity (Wildman–Crippen MR) is 106 cm³/mol. The summed E-state index contributed by atoms with van der Waals surface area (Å²) in [5, 5.41) is 9.14. The first-order chi connectivity index (χ1) is 13.5. The number of hydrogen-bond acceptors (Lipinski definition) is 6. The molecule has 0 fully saturated rings. The molecule has 0 saturated heterocycles. The molecule has 3 aromatic rings. The standard InChI is InChI=1S/C20H20N4O4/c1-12(13-9-10-16(27-3)17(11-13)28-4)21-22-19(25)18-14-7-5-6-8-15(14)20(26)24(2)23-18/h5-11H,1-4H3,(H,22,25)/b21-12+. The van der Waals surface area contributed by atoms with Crippen molar-refractivity contribution in [3.63, 3.8) is 0 Å². The summed E-state index contributed by atoms with van der Waals surface area (Å²) in [6.07, 6.45) is 0. The quantitative estimate of drug-likeness (QED) is 0.540. The summed E-state index contributed by atoms with van der Waals surface area (Å²) in [4.78, 5) is 24.8. The molecule has 0 unspecified atom stereocenters. The van der Waals surface area contributed by atoms with E-state index in [0.29, 0.717) is 28.0 Å². The Bertz CT molecular complexity index is 1130. The molecule has 0 radical (unpaired) electrons. The Morgan fingerprint density at radius 2 is 1.75 bits per heavy atom. The van der Waals surface area contributed by atoms with Gasteiger partial charge in [0, 0.05) is 18.0 Å². The van der Waals surface area contributed by atoms with Crippen LogP contribution in [0.4, 0.5) is 0 Å². The molecular weight excluding hydrogens is 360 g/mol. The summed E-state index contributed by atoms with van der Waals surface area (Å²) >= 11 is 0. The Balaban J connectivity index is 1.91. The fraction of sp³-hybridized carbons (Fsp3) is 0.200. The van der Waals surface area contributed by atoms with Gasteiger partial charge in [0.2, 0.25) is 0 Å². The number of benzene rings is 2. The second kappa shape index (κ2) is 7.91. The van der Waals surface area contributed by atoms with Gasteiger partial charge >= 0.3 is 0 Å². The molecule has 0 aliphatic carbocycles. The number of ether oxygens (including phenoxy) is 2. The molecule has 1 amide bonds. The molecule has 0 atom stereocenters. The highest BCUT2D eigenvalue weighted by Crippen LogP contribution is 2.27. The molecule has 2 aromatic carbocycles. The van der Waals surface area contributed by atoms with Gasteiger partial charge in [0.05, 0.1) is 25.3 Å². The molecule has 0 saturated carbocycles. The number of hydrazone groups is 1. The zero-order chi connectivity index (χ0) is 20.3. The van der Waals surface area contributed by atoms with Gasteiger partial charge in [-0.05, 0) is 31.2 Å². The van der Waals surface area contributed by atoms with Gasteiger partial charge in [-0.15, -0.1) is 0 Å².